The van der Waals surface area contributed by atoms with Gasteiger partial charge in [-0.25, -0.2) is 9.37 Å². The molecule has 3 aromatic rings. The zero-order valence-corrected chi connectivity index (χ0v) is 19.0. The molecule has 1 heterocycles. The Balaban J connectivity index is 1.87. The SMILES string of the molecule is C=CC(=O)Cc1ccccc1Nc1nc(Nc2cc(C(=O)NCCO)c(F)cc2C)ncc1C. The van der Waals surface area contributed by atoms with Gasteiger partial charge in [-0.05, 0) is 49.2 Å². The third-order valence-electron chi connectivity index (χ3n) is 5.04. The molecular formula is C25H26FN5O3. The number of hydrogen-bond acceptors (Lipinski definition) is 7. The summed E-state index contributed by atoms with van der Waals surface area (Å²) in [5, 5.41) is 17.6. The van der Waals surface area contributed by atoms with Crippen LogP contribution in [0.2, 0.25) is 0 Å². The molecule has 0 radical (unpaired) electrons. The largest absolute Gasteiger partial charge is 0.395 e. The normalized spacial score (nSPS) is 10.5. The van der Waals surface area contributed by atoms with E-state index in [4.69, 9.17) is 5.11 Å². The summed E-state index contributed by atoms with van der Waals surface area (Å²) >= 11 is 0. The molecule has 3 rings (SSSR count). The Morgan fingerprint density at radius 1 is 1.12 bits per heavy atom. The van der Waals surface area contributed by atoms with Crippen molar-refractivity contribution in [2.45, 2.75) is 20.3 Å². The van der Waals surface area contributed by atoms with E-state index in [0.717, 1.165) is 16.8 Å². The van der Waals surface area contributed by atoms with Crippen molar-refractivity contribution in [3.63, 3.8) is 0 Å². The van der Waals surface area contributed by atoms with E-state index < -0.39 is 11.7 Å². The first-order valence-corrected chi connectivity index (χ1v) is 10.6. The fourth-order valence-corrected chi connectivity index (χ4v) is 3.18. The third-order valence-corrected chi connectivity index (χ3v) is 5.04. The number of nitrogens with zero attached hydrogens (tertiary/aromatic N) is 2. The zero-order valence-electron chi connectivity index (χ0n) is 19.0. The molecule has 0 aliphatic carbocycles. The zero-order chi connectivity index (χ0) is 24.7. The highest BCUT2D eigenvalue weighted by atomic mass is 19.1. The fraction of sp³-hybridized carbons (Fsp3) is 0.200. The summed E-state index contributed by atoms with van der Waals surface area (Å²) in [4.78, 5) is 32.9. The monoisotopic (exact) mass is 463 g/mol. The average Bonchev–Trinajstić information content (AvgIpc) is 2.82. The Hall–Kier alpha value is -4.11. The Morgan fingerprint density at radius 3 is 2.62 bits per heavy atom. The number of nitrogens with one attached hydrogen (secondary N) is 3. The van der Waals surface area contributed by atoms with E-state index in [-0.39, 0.29) is 36.9 Å². The van der Waals surface area contributed by atoms with Gasteiger partial charge in [-0.3, -0.25) is 9.59 Å². The Bertz CT molecular complexity index is 1230. The summed E-state index contributed by atoms with van der Waals surface area (Å²) in [6.07, 6.45) is 3.12. The van der Waals surface area contributed by atoms with Crippen molar-refractivity contribution >= 4 is 34.8 Å². The molecular weight excluding hydrogens is 437 g/mol. The van der Waals surface area contributed by atoms with Crippen molar-refractivity contribution < 1.29 is 19.1 Å². The summed E-state index contributed by atoms with van der Waals surface area (Å²) in [7, 11) is 0. The lowest BCUT2D eigenvalue weighted by atomic mass is 10.1. The van der Waals surface area contributed by atoms with E-state index in [1.54, 1.807) is 13.1 Å². The van der Waals surface area contributed by atoms with E-state index >= 15 is 0 Å². The molecule has 8 nitrogen and oxygen atoms in total. The molecule has 176 valence electrons. The maximum atomic E-state index is 14.3. The molecule has 0 bridgehead atoms. The Kier molecular flexibility index (Phi) is 8.05. The van der Waals surface area contributed by atoms with Gasteiger partial charge in [0, 0.05) is 36.1 Å². The van der Waals surface area contributed by atoms with Gasteiger partial charge in [0.05, 0.1) is 12.2 Å². The number of aliphatic hydroxyl groups excluding tert-OH is 1. The predicted molar refractivity (Wildman–Crippen MR) is 129 cm³/mol. The van der Waals surface area contributed by atoms with Crippen molar-refractivity contribution in [3.8, 4) is 0 Å². The predicted octanol–water partition coefficient (Wildman–Crippen LogP) is 3.74. The molecule has 0 unspecified atom stereocenters. The quantitative estimate of drug-likeness (QED) is 0.339. The van der Waals surface area contributed by atoms with Crippen LogP contribution >= 0.6 is 0 Å². The number of allylic oxidation sites excluding steroid dienone is 1. The average molecular weight is 464 g/mol. The van der Waals surface area contributed by atoms with Gasteiger partial charge in [0.15, 0.2) is 5.78 Å². The number of para-hydroxylation sites is 1. The number of hydrogen-bond donors (Lipinski definition) is 4. The first-order valence-electron chi connectivity index (χ1n) is 10.6. The lowest BCUT2D eigenvalue weighted by Crippen LogP contribution is -2.27. The number of benzene rings is 2. The molecule has 2 aromatic carbocycles. The van der Waals surface area contributed by atoms with Gasteiger partial charge in [-0.2, -0.15) is 4.98 Å². The standard InChI is InChI=1S/C25H26FN5O3/c1-4-18(33)12-17-7-5-6-8-21(17)29-23-16(3)14-28-25(31-23)30-22-13-19(20(26)11-15(22)2)24(34)27-9-10-32/h4-8,11,13-14,32H,1,9-10,12H2,2-3H3,(H,27,34)(H2,28,29,30,31). The highest BCUT2D eigenvalue weighted by Crippen LogP contribution is 2.26. The number of aromatic nitrogens is 2. The highest BCUT2D eigenvalue weighted by Gasteiger charge is 2.16. The number of aryl methyl sites for hydroxylation is 2. The van der Waals surface area contributed by atoms with Crippen LogP contribution < -0.4 is 16.0 Å². The summed E-state index contributed by atoms with van der Waals surface area (Å²) in [5.74, 6) is -0.633. The molecule has 1 amide bonds. The first-order chi connectivity index (χ1) is 16.3. The van der Waals surface area contributed by atoms with Crippen molar-refractivity contribution in [2.75, 3.05) is 23.8 Å². The number of aliphatic hydroxyl groups is 1. The van der Waals surface area contributed by atoms with E-state index in [1.165, 1.54) is 18.2 Å². The Morgan fingerprint density at radius 2 is 1.88 bits per heavy atom. The van der Waals surface area contributed by atoms with Gasteiger partial charge in [-0.15, -0.1) is 0 Å². The van der Waals surface area contributed by atoms with Crippen LogP contribution in [-0.4, -0.2) is 39.9 Å². The van der Waals surface area contributed by atoms with Crippen LogP contribution in [0.5, 0.6) is 0 Å². The van der Waals surface area contributed by atoms with Crippen LogP contribution in [0.1, 0.15) is 27.0 Å². The summed E-state index contributed by atoms with van der Waals surface area (Å²) < 4.78 is 14.3. The number of rotatable bonds is 10. The number of carbonyl (C=O) groups is 2. The van der Waals surface area contributed by atoms with Crippen molar-refractivity contribution in [3.05, 3.63) is 83.3 Å². The van der Waals surface area contributed by atoms with Crippen LogP contribution in [0.3, 0.4) is 0 Å². The molecule has 1 aromatic heterocycles. The van der Waals surface area contributed by atoms with Crippen LogP contribution in [0, 0.1) is 19.7 Å². The van der Waals surface area contributed by atoms with Gasteiger partial charge in [0.25, 0.3) is 5.91 Å². The first kappa shape index (κ1) is 24.5. The molecule has 0 saturated heterocycles. The lowest BCUT2D eigenvalue weighted by Gasteiger charge is -2.15. The minimum atomic E-state index is -0.670. The summed E-state index contributed by atoms with van der Waals surface area (Å²) in [6, 6.07) is 10.0. The molecule has 0 aliphatic heterocycles. The maximum Gasteiger partial charge on any atom is 0.254 e. The van der Waals surface area contributed by atoms with Crippen LogP contribution in [0.15, 0.2) is 55.3 Å². The number of carbonyl (C=O) groups excluding carboxylic acids is 2. The lowest BCUT2D eigenvalue weighted by molar-refractivity contribution is -0.114. The molecule has 0 aliphatic rings. The summed E-state index contributed by atoms with van der Waals surface area (Å²) in [6.45, 7) is 6.83. The van der Waals surface area contributed by atoms with E-state index in [2.05, 4.69) is 32.5 Å². The van der Waals surface area contributed by atoms with Gasteiger partial charge in [0.1, 0.15) is 11.6 Å². The van der Waals surface area contributed by atoms with Gasteiger partial charge in [0.2, 0.25) is 5.95 Å². The Labute approximate surface area is 197 Å². The second kappa shape index (κ2) is 11.2. The van der Waals surface area contributed by atoms with Crippen LogP contribution in [-0.2, 0) is 11.2 Å². The minimum absolute atomic E-state index is 0.0187. The van der Waals surface area contributed by atoms with E-state index in [0.29, 0.717) is 17.1 Å². The van der Waals surface area contributed by atoms with Gasteiger partial charge < -0.3 is 21.1 Å². The fourth-order valence-electron chi connectivity index (χ4n) is 3.18. The molecule has 0 atom stereocenters. The van der Waals surface area contributed by atoms with Gasteiger partial charge in [-0.1, -0.05) is 24.8 Å². The van der Waals surface area contributed by atoms with E-state index in [1.807, 2.05) is 31.2 Å². The van der Waals surface area contributed by atoms with Crippen molar-refractivity contribution in [1.29, 1.82) is 0 Å². The smallest absolute Gasteiger partial charge is 0.254 e. The third kappa shape index (κ3) is 6.02. The number of anilines is 4. The van der Waals surface area contributed by atoms with Crippen LogP contribution in [0.25, 0.3) is 0 Å². The molecule has 0 fully saturated rings. The number of ketones is 1. The van der Waals surface area contributed by atoms with Crippen molar-refractivity contribution in [1.82, 2.24) is 15.3 Å². The maximum absolute atomic E-state index is 14.3. The summed E-state index contributed by atoms with van der Waals surface area (Å²) in [5.41, 5.74) is 3.16. The topological polar surface area (TPSA) is 116 Å². The van der Waals surface area contributed by atoms with Crippen LogP contribution in [0.4, 0.5) is 27.5 Å². The number of halogens is 1. The molecule has 0 spiro atoms. The second-order valence-electron chi connectivity index (χ2n) is 7.61. The molecule has 34 heavy (non-hydrogen) atoms. The number of amides is 1. The molecule has 9 heteroatoms. The molecule has 4 N–H and O–H groups in total. The van der Waals surface area contributed by atoms with Gasteiger partial charge >= 0.3 is 0 Å². The minimum Gasteiger partial charge on any atom is -0.395 e. The highest BCUT2D eigenvalue weighted by molar-refractivity contribution is 5.96. The molecule has 0 saturated carbocycles. The van der Waals surface area contributed by atoms with Crippen molar-refractivity contribution in [2.24, 2.45) is 0 Å². The van der Waals surface area contributed by atoms with E-state index in [9.17, 15) is 14.0 Å². The second-order valence-corrected chi connectivity index (χ2v) is 7.61.